The number of amides is 2. The number of anilines is 1. The number of alkyl halides is 3. The van der Waals surface area contributed by atoms with Crippen molar-refractivity contribution in [2.45, 2.75) is 12.6 Å². The molecule has 0 fully saturated rings. The van der Waals surface area contributed by atoms with Crippen LogP contribution in [0.5, 0.6) is 11.5 Å². The van der Waals surface area contributed by atoms with Crippen molar-refractivity contribution >= 4 is 17.5 Å². The zero-order valence-corrected chi connectivity index (χ0v) is 14.1. The Morgan fingerprint density at radius 2 is 1.70 bits per heavy atom. The molecule has 27 heavy (non-hydrogen) atoms. The summed E-state index contributed by atoms with van der Waals surface area (Å²) in [6.45, 7) is -0.302. The van der Waals surface area contributed by atoms with E-state index < -0.39 is 30.2 Å². The number of halogens is 3. The summed E-state index contributed by atoms with van der Waals surface area (Å²) in [5.41, 5.74) is 4.60. The van der Waals surface area contributed by atoms with E-state index in [4.69, 9.17) is 15.2 Å². The van der Waals surface area contributed by atoms with Crippen molar-refractivity contribution in [3.63, 3.8) is 0 Å². The van der Waals surface area contributed by atoms with Gasteiger partial charge in [0.25, 0.3) is 5.91 Å². The quantitative estimate of drug-likeness (QED) is 0.734. The molecule has 6 nitrogen and oxygen atoms in total. The highest BCUT2D eigenvalue weighted by Crippen LogP contribution is 2.31. The molecule has 0 aliphatic heterocycles. The first-order chi connectivity index (χ1) is 12.7. The van der Waals surface area contributed by atoms with Crippen molar-refractivity contribution in [2.24, 2.45) is 5.73 Å². The molecule has 3 N–H and O–H groups in total. The molecule has 0 atom stereocenters. The summed E-state index contributed by atoms with van der Waals surface area (Å²) in [5, 5.41) is 2.54. The molecule has 144 valence electrons. The number of benzene rings is 2. The van der Waals surface area contributed by atoms with Crippen LogP contribution in [-0.2, 0) is 15.8 Å². The van der Waals surface area contributed by atoms with Crippen molar-refractivity contribution in [1.29, 1.82) is 0 Å². The second-order valence-electron chi connectivity index (χ2n) is 5.45. The first-order valence-corrected chi connectivity index (χ1v) is 7.85. The highest BCUT2D eigenvalue weighted by molar-refractivity contribution is 5.91. The molecule has 0 aliphatic carbocycles. The van der Waals surface area contributed by atoms with E-state index in [0.717, 1.165) is 12.1 Å². The predicted octanol–water partition coefficient (Wildman–Crippen LogP) is 2.98. The third-order valence-corrected chi connectivity index (χ3v) is 3.29. The number of carbonyl (C=O) groups excluding carboxylic acids is 2. The molecule has 0 aromatic heterocycles. The Kier molecular flexibility index (Phi) is 6.64. The lowest BCUT2D eigenvalue weighted by Gasteiger charge is -2.11. The minimum atomic E-state index is -4.48. The molecule has 0 saturated carbocycles. The molecule has 2 aromatic carbocycles. The Bertz CT molecular complexity index is 792. The number of hydrogen-bond donors (Lipinski definition) is 2. The number of nitrogens with one attached hydrogen (secondary N) is 1. The van der Waals surface area contributed by atoms with E-state index in [2.05, 4.69) is 5.32 Å². The van der Waals surface area contributed by atoms with Crippen LogP contribution in [0.15, 0.2) is 48.5 Å². The van der Waals surface area contributed by atoms with E-state index in [0.29, 0.717) is 11.4 Å². The number of nitrogens with two attached hydrogens (primary N) is 1. The van der Waals surface area contributed by atoms with Gasteiger partial charge in [-0.3, -0.25) is 9.59 Å². The zero-order valence-electron chi connectivity index (χ0n) is 14.1. The second kappa shape index (κ2) is 8.93. The summed E-state index contributed by atoms with van der Waals surface area (Å²) >= 11 is 0. The standard InChI is InChI=1S/C18H17F3N2O4/c19-18(20,21)12-2-1-3-15(10-12)27-11-17(25)23-13-4-6-14(7-5-13)26-9-8-16(22)24/h1-7,10H,8-9,11H2,(H2,22,24)(H,23,25). The second-order valence-corrected chi connectivity index (χ2v) is 5.45. The maximum Gasteiger partial charge on any atom is 0.416 e. The van der Waals surface area contributed by atoms with Crippen LogP contribution >= 0.6 is 0 Å². The van der Waals surface area contributed by atoms with Gasteiger partial charge in [-0.05, 0) is 42.5 Å². The van der Waals surface area contributed by atoms with Gasteiger partial charge in [-0.1, -0.05) is 6.07 Å². The minimum absolute atomic E-state index is 0.0572. The molecule has 9 heteroatoms. The molecule has 2 amide bonds. The van der Waals surface area contributed by atoms with Crippen LogP contribution in [0.4, 0.5) is 18.9 Å². The SMILES string of the molecule is NC(=O)CCOc1ccc(NC(=O)COc2cccc(C(F)(F)F)c2)cc1. The maximum atomic E-state index is 12.6. The van der Waals surface area contributed by atoms with Crippen LogP contribution < -0.4 is 20.5 Å². The van der Waals surface area contributed by atoms with Gasteiger partial charge in [-0.15, -0.1) is 0 Å². The zero-order chi connectivity index (χ0) is 19.9. The number of primary amides is 1. The number of ether oxygens (including phenoxy) is 2. The third kappa shape index (κ3) is 6.89. The monoisotopic (exact) mass is 382 g/mol. The number of carbonyl (C=O) groups is 2. The molecule has 0 radical (unpaired) electrons. The van der Waals surface area contributed by atoms with E-state index in [1.807, 2.05) is 0 Å². The van der Waals surface area contributed by atoms with Gasteiger partial charge >= 0.3 is 6.18 Å². The lowest BCUT2D eigenvalue weighted by atomic mass is 10.2. The fourth-order valence-corrected chi connectivity index (χ4v) is 2.01. The number of hydrogen-bond acceptors (Lipinski definition) is 4. The van der Waals surface area contributed by atoms with Crippen molar-refractivity contribution in [1.82, 2.24) is 0 Å². The summed E-state index contributed by atoms with van der Waals surface area (Å²) in [6.07, 6.45) is -4.39. The lowest BCUT2D eigenvalue weighted by Crippen LogP contribution is -2.20. The molecule has 0 aliphatic rings. The first-order valence-electron chi connectivity index (χ1n) is 7.85. The van der Waals surface area contributed by atoms with Gasteiger partial charge in [0.1, 0.15) is 11.5 Å². The largest absolute Gasteiger partial charge is 0.493 e. The minimum Gasteiger partial charge on any atom is -0.493 e. The molecule has 2 rings (SSSR count). The molecule has 0 saturated heterocycles. The van der Waals surface area contributed by atoms with Crippen molar-refractivity contribution in [3.05, 3.63) is 54.1 Å². The Morgan fingerprint density at radius 3 is 2.33 bits per heavy atom. The maximum absolute atomic E-state index is 12.6. The molecule has 0 spiro atoms. The molecule has 0 unspecified atom stereocenters. The first kappa shape index (κ1) is 20.1. The smallest absolute Gasteiger partial charge is 0.416 e. The summed E-state index contributed by atoms with van der Waals surface area (Å²) in [6, 6.07) is 10.6. The fraction of sp³-hybridized carbons (Fsp3) is 0.222. The van der Waals surface area contributed by atoms with Crippen molar-refractivity contribution in [2.75, 3.05) is 18.5 Å². The Balaban J connectivity index is 1.83. The van der Waals surface area contributed by atoms with E-state index >= 15 is 0 Å². The van der Waals surface area contributed by atoms with Gasteiger partial charge in [0.2, 0.25) is 5.91 Å². The van der Waals surface area contributed by atoms with Crippen molar-refractivity contribution in [3.8, 4) is 11.5 Å². The van der Waals surface area contributed by atoms with Crippen LogP contribution in [0.25, 0.3) is 0 Å². The van der Waals surface area contributed by atoms with Crippen LogP contribution in [0.1, 0.15) is 12.0 Å². The molecular formula is C18H17F3N2O4. The summed E-state index contributed by atoms with van der Waals surface area (Å²) in [5.74, 6) is -0.567. The molecular weight excluding hydrogens is 365 g/mol. The van der Waals surface area contributed by atoms with Gasteiger partial charge in [-0.25, -0.2) is 0 Å². The van der Waals surface area contributed by atoms with Crippen LogP contribution in [0, 0.1) is 0 Å². The van der Waals surface area contributed by atoms with Crippen molar-refractivity contribution < 1.29 is 32.2 Å². The Labute approximate surface area is 153 Å². The van der Waals surface area contributed by atoms with E-state index in [-0.39, 0.29) is 18.8 Å². The van der Waals surface area contributed by atoms with E-state index in [1.54, 1.807) is 24.3 Å². The summed E-state index contributed by atoms with van der Waals surface area (Å²) < 4.78 is 48.3. The average Bonchev–Trinajstić information content (AvgIpc) is 2.61. The van der Waals surface area contributed by atoms with Crippen LogP contribution in [-0.4, -0.2) is 25.0 Å². The van der Waals surface area contributed by atoms with Gasteiger partial charge in [0, 0.05) is 5.69 Å². The Hall–Kier alpha value is -3.23. The Morgan fingerprint density at radius 1 is 1.00 bits per heavy atom. The topological polar surface area (TPSA) is 90.7 Å². The molecule has 2 aromatic rings. The normalized spacial score (nSPS) is 10.9. The van der Waals surface area contributed by atoms with Gasteiger partial charge < -0.3 is 20.5 Å². The van der Waals surface area contributed by atoms with Gasteiger partial charge in [0.15, 0.2) is 6.61 Å². The third-order valence-electron chi connectivity index (χ3n) is 3.29. The highest BCUT2D eigenvalue weighted by Gasteiger charge is 2.30. The van der Waals surface area contributed by atoms with Crippen LogP contribution in [0.3, 0.4) is 0 Å². The summed E-state index contributed by atoms with van der Waals surface area (Å²) in [7, 11) is 0. The lowest BCUT2D eigenvalue weighted by molar-refractivity contribution is -0.137. The fourth-order valence-electron chi connectivity index (χ4n) is 2.01. The number of rotatable bonds is 8. The highest BCUT2D eigenvalue weighted by atomic mass is 19.4. The summed E-state index contributed by atoms with van der Waals surface area (Å²) in [4.78, 5) is 22.5. The molecule has 0 heterocycles. The van der Waals surface area contributed by atoms with Gasteiger partial charge in [0.05, 0.1) is 18.6 Å². The average molecular weight is 382 g/mol. The predicted molar refractivity (Wildman–Crippen MR) is 91.3 cm³/mol. The van der Waals surface area contributed by atoms with Gasteiger partial charge in [-0.2, -0.15) is 13.2 Å². The van der Waals surface area contributed by atoms with E-state index in [1.165, 1.54) is 12.1 Å². The van der Waals surface area contributed by atoms with E-state index in [9.17, 15) is 22.8 Å². The molecule has 0 bridgehead atoms. The van der Waals surface area contributed by atoms with Crippen LogP contribution in [0.2, 0.25) is 0 Å².